The van der Waals surface area contributed by atoms with E-state index in [1.165, 1.54) is 11.1 Å². The van der Waals surface area contributed by atoms with Crippen molar-refractivity contribution in [1.82, 2.24) is 14.9 Å². The Balaban J connectivity index is 1.90. The lowest BCUT2D eigenvalue weighted by Gasteiger charge is -2.27. The van der Waals surface area contributed by atoms with Crippen molar-refractivity contribution in [2.75, 3.05) is 6.54 Å². The molecule has 0 fully saturated rings. The fourth-order valence-electron chi connectivity index (χ4n) is 2.88. The number of benzene rings is 2. The Morgan fingerprint density at radius 3 is 2.75 bits per heavy atom. The predicted octanol–water partition coefficient (Wildman–Crippen LogP) is 3.38. The van der Waals surface area contributed by atoms with Gasteiger partial charge in [-0.05, 0) is 29.8 Å². The van der Waals surface area contributed by atoms with Gasteiger partial charge >= 0.3 is 0 Å². The van der Waals surface area contributed by atoms with Crippen molar-refractivity contribution in [3.8, 4) is 0 Å². The quantitative estimate of drug-likeness (QED) is 0.742. The number of nitrogens with zero attached hydrogens (tertiary/aromatic N) is 2. The first-order valence-electron chi connectivity index (χ1n) is 6.77. The molecule has 1 aliphatic rings. The summed E-state index contributed by atoms with van der Waals surface area (Å²) in [6.07, 6.45) is 1.09. The molecule has 0 amide bonds. The number of hydrogen-bond donors (Lipinski definition) is 1. The van der Waals surface area contributed by atoms with Gasteiger partial charge in [-0.1, -0.05) is 35.9 Å². The van der Waals surface area contributed by atoms with Crippen molar-refractivity contribution >= 4 is 22.6 Å². The largest absolute Gasteiger partial charge is 0.307 e. The molecule has 4 rings (SSSR count). The second-order valence-electron chi connectivity index (χ2n) is 5.04. The average Bonchev–Trinajstić information content (AvgIpc) is 2.86. The summed E-state index contributed by atoms with van der Waals surface area (Å²) in [4.78, 5) is 4.74. The maximum atomic E-state index is 5.99. The zero-order valence-corrected chi connectivity index (χ0v) is 11.6. The molecule has 3 aromatic rings. The van der Waals surface area contributed by atoms with Crippen molar-refractivity contribution in [3.63, 3.8) is 0 Å². The van der Waals surface area contributed by atoms with E-state index in [2.05, 4.69) is 40.2 Å². The van der Waals surface area contributed by atoms with Crippen LogP contribution in [0.15, 0.2) is 48.5 Å². The molecule has 1 atom stereocenters. The molecular formula is C16H14ClN3. The van der Waals surface area contributed by atoms with E-state index in [9.17, 15) is 0 Å². The van der Waals surface area contributed by atoms with Gasteiger partial charge in [-0.3, -0.25) is 5.32 Å². The Labute approximate surface area is 122 Å². The molecule has 2 heterocycles. The summed E-state index contributed by atoms with van der Waals surface area (Å²) in [5, 5.41) is 4.33. The maximum Gasteiger partial charge on any atom is 0.112 e. The minimum absolute atomic E-state index is 0.128. The predicted molar refractivity (Wildman–Crippen MR) is 81.0 cm³/mol. The standard InChI is InChI=1S/C16H14ClN3/c17-12-7-5-11(6-8-12)16-18-10-9-15-19-13-3-1-2-4-14(13)20(15)16/h1-8,16,18H,9-10H2/t16-/m0/s1. The Morgan fingerprint density at radius 1 is 1.10 bits per heavy atom. The minimum Gasteiger partial charge on any atom is -0.307 e. The van der Waals surface area contributed by atoms with Crippen LogP contribution in [-0.2, 0) is 6.42 Å². The van der Waals surface area contributed by atoms with Crippen LogP contribution < -0.4 is 5.32 Å². The fraction of sp³-hybridized carbons (Fsp3) is 0.188. The van der Waals surface area contributed by atoms with Gasteiger partial charge in [0, 0.05) is 18.0 Å². The van der Waals surface area contributed by atoms with Crippen LogP contribution in [0.1, 0.15) is 17.6 Å². The lowest BCUT2D eigenvalue weighted by Crippen LogP contribution is -2.35. The van der Waals surface area contributed by atoms with E-state index in [0.29, 0.717) is 0 Å². The molecule has 0 saturated carbocycles. The van der Waals surface area contributed by atoms with Crippen LogP contribution >= 0.6 is 11.6 Å². The first-order valence-corrected chi connectivity index (χ1v) is 7.15. The molecule has 0 radical (unpaired) electrons. The van der Waals surface area contributed by atoms with Crippen molar-refractivity contribution < 1.29 is 0 Å². The lowest BCUT2D eigenvalue weighted by molar-refractivity contribution is 0.422. The smallest absolute Gasteiger partial charge is 0.112 e. The zero-order valence-electron chi connectivity index (χ0n) is 10.9. The molecule has 0 spiro atoms. The van der Waals surface area contributed by atoms with Crippen LogP contribution in [0.25, 0.3) is 11.0 Å². The van der Waals surface area contributed by atoms with Gasteiger partial charge in [0.2, 0.25) is 0 Å². The molecule has 0 aliphatic carbocycles. The monoisotopic (exact) mass is 283 g/mol. The molecule has 3 nitrogen and oxygen atoms in total. The molecule has 2 aromatic carbocycles. The number of hydrogen-bond acceptors (Lipinski definition) is 2. The van der Waals surface area contributed by atoms with Gasteiger partial charge in [-0.25, -0.2) is 4.98 Å². The van der Waals surface area contributed by atoms with Gasteiger partial charge < -0.3 is 4.57 Å². The number of fused-ring (bicyclic) bond motifs is 3. The molecule has 4 heteroatoms. The van der Waals surface area contributed by atoms with Gasteiger partial charge in [0.1, 0.15) is 12.0 Å². The fourth-order valence-corrected chi connectivity index (χ4v) is 3.01. The van der Waals surface area contributed by atoms with E-state index in [1.807, 2.05) is 18.2 Å². The lowest BCUT2D eigenvalue weighted by atomic mass is 10.1. The number of nitrogens with one attached hydrogen (secondary N) is 1. The van der Waals surface area contributed by atoms with Gasteiger partial charge in [0.15, 0.2) is 0 Å². The van der Waals surface area contributed by atoms with Crippen molar-refractivity contribution in [1.29, 1.82) is 0 Å². The van der Waals surface area contributed by atoms with Crippen LogP contribution in [0.5, 0.6) is 0 Å². The van der Waals surface area contributed by atoms with Crippen molar-refractivity contribution in [2.45, 2.75) is 12.6 Å². The van der Waals surface area contributed by atoms with E-state index in [-0.39, 0.29) is 6.17 Å². The van der Waals surface area contributed by atoms with E-state index in [4.69, 9.17) is 16.6 Å². The van der Waals surface area contributed by atoms with Gasteiger partial charge in [0.05, 0.1) is 11.0 Å². The molecule has 100 valence electrons. The summed E-state index contributed by atoms with van der Waals surface area (Å²) >= 11 is 5.99. The summed E-state index contributed by atoms with van der Waals surface area (Å²) in [7, 11) is 0. The maximum absolute atomic E-state index is 5.99. The molecule has 0 bridgehead atoms. The normalized spacial score (nSPS) is 18.1. The van der Waals surface area contributed by atoms with Crippen molar-refractivity contribution in [2.24, 2.45) is 0 Å². The number of halogens is 1. The highest BCUT2D eigenvalue weighted by Crippen LogP contribution is 2.27. The van der Waals surface area contributed by atoms with Crippen molar-refractivity contribution in [3.05, 3.63) is 64.9 Å². The van der Waals surface area contributed by atoms with Crippen LogP contribution in [0, 0.1) is 0 Å². The Morgan fingerprint density at radius 2 is 1.90 bits per heavy atom. The Kier molecular flexibility index (Phi) is 2.76. The topological polar surface area (TPSA) is 29.9 Å². The number of aromatic nitrogens is 2. The zero-order chi connectivity index (χ0) is 13.5. The highest BCUT2D eigenvalue weighted by atomic mass is 35.5. The van der Waals surface area contributed by atoms with Gasteiger partial charge in [-0.15, -0.1) is 0 Å². The number of para-hydroxylation sites is 2. The second kappa shape index (κ2) is 4.62. The third kappa shape index (κ3) is 1.82. The second-order valence-corrected chi connectivity index (χ2v) is 5.48. The number of imidazole rings is 1. The average molecular weight is 284 g/mol. The summed E-state index contributed by atoms with van der Waals surface area (Å²) in [5.74, 6) is 1.14. The molecular weight excluding hydrogens is 270 g/mol. The Bertz CT molecular complexity index is 761. The summed E-state index contributed by atoms with van der Waals surface area (Å²) in [6, 6.07) is 16.3. The highest BCUT2D eigenvalue weighted by molar-refractivity contribution is 6.30. The minimum atomic E-state index is 0.128. The van der Waals surface area contributed by atoms with Gasteiger partial charge in [-0.2, -0.15) is 0 Å². The van der Waals surface area contributed by atoms with Crippen LogP contribution in [0.3, 0.4) is 0 Å². The third-order valence-corrected chi connectivity index (χ3v) is 4.05. The van der Waals surface area contributed by atoms with E-state index < -0.39 is 0 Å². The molecule has 0 unspecified atom stereocenters. The highest BCUT2D eigenvalue weighted by Gasteiger charge is 2.23. The van der Waals surface area contributed by atoms with E-state index in [1.54, 1.807) is 0 Å². The van der Waals surface area contributed by atoms with E-state index in [0.717, 1.165) is 29.3 Å². The summed E-state index contributed by atoms with van der Waals surface area (Å²) < 4.78 is 2.29. The molecule has 1 aliphatic heterocycles. The van der Waals surface area contributed by atoms with Crippen LogP contribution in [-0.4, -0.2) is 16.1 Å². The molecule has 1 N–H and O–H groups in total. The first-order chi connectivity index (χ1) is 9.83. The van der Waals surface area contributed by atoms with Crippen LogP contribution in [0.2, 0.25) is 5.02 Å². The first kappa shape index (κ1) is 11.9. The number of rotatable bonds is 1. The van der Waals surface area contributed by atoms with Gasteiger partial charge in [0.25, 0.3) is 0 Å². The van der Waals surface area contributed by atoms with E-state index >= 15 is 0 Å². The third-order valence-electron chi connectivity index (χ3n) is 3.80. The molecule has 1 aromatic heterocycles. The summed E-state index contributed by atoms with van der Waals surface area (Å²) in [6.45, 7) is 0.941. The van der Waals surface area contributed by atoms with Crippen LogP contribution in [0.4, 0.5) is 0 Å². The SMILES string of the molecule is Clc1ccc([C@H]2NCCc3nc4ccccc4n32)cc1. The summed E-state index contributed by atoms with van der Waals surface area (Å²) in [5.41, 5.74) is 3.44. The molecule has 20 heavy (non-hydrogen) atoms. The molecule has 0 saturated heterocycles. The Hall–Kier alpha value is -1.84.